The van der Waals surface area contributed by atoms with E-state index in [9.17, 15) is 4.79 Å². The van der Waals surface area contributed by atoms with Crippen LogP contribution in [-0.4, -0.2) is 28.2 Å². The smallest absolute Gasteiger partial charge is 0.152 e. The number of hydrogen-bond donors (Lipinski definition) is 1. The van der Waals surface area contributed by atoms with Crippen LogP contribution in [0.1, 0.15) is 18.5 Å². The molecule has 4 nitrogen and oxygen atoms in total. The number of hydrogen-bond acceptors (Lipinski definition) is 3. The standard InChI is InChI=1S/C14H17N3O/c1-17-14-5-3-2-4-12(14)13(16-17)8-11(18)9-15-10-6-7-10/h2-5,10,15H,6-9H2,1H3. The first-order valence-electron chi connectivity index (χ1n) is 6.40. The Kier molecular flexibility index (Phi) is 2.88. The summed E-state index contributed by atoms with van der Waals surface area (Å²) in [4.78, 5) is 11.9. The van der Waals surface area contributed by atoms with Crippen molar-refractivity contribution in [2.24, 2.45) is 7.05 Å². The Morgan fingerprint density at radius 1 is 1.44 bits per heavy atom. The molecule has 1 aromatic carbocycles. The van der Waals surface area contributed by atoms with Gasteiger partial charge in [0.1, 0.15) is 0 Å². The van der Waals surface area contributed by atoms with Gasteiger partial charge in [0, 0.05) is 18.5 Å². The third-order valence-corrected chi connectivity index (χ3v) is 3.36. The Balaban J connectivity index is 1.75. The Morgan fingerprint density at radius 2 is 2.22 bits per heavy atom. The molecule has 0 spiro atoms. The van der Waals surface area contributed by atoms with Crippen molar-refractivity contribution < 1.29 is 4.79 Å². The normalized spacial score (nSPS) is 15.2. The molecule has 1 aromatic heterocycles. The minimum atomic E-state index is 0.214. The van der Waals surface area contributed by atoms with Crippen LogP contribution < -0.4 is 5.32 Å². The maximum absolute atomic E-state index is 11.9. The summed E-state index contributed by atoms with van der Waals surface area (Å²) in [6.07, 6.45) is 2.83. The van der Waals surface area contributed by atoms with Crippen LogP contribution in [0, 0.1) is 0 Å². The number of rotatable bonds is 5. The Bertz CT molecular complexity index is 584. The highest BCUT2D eigenvalue weighted by Gasteiger charge is 2.21. The van der Waals surface area contributed by atoms with Crippen LogP contribution in [0.25, 0.3) is 10.9 Å². The molecule has 0 unspecified atom stereocenters. The second-order valence-corrected chi connectivity index (χ2v) is 4.96. The van der Waals surface area contributed by atoms with Crippen molar-refractivity contribution in [1.82, 2.24) is 15.1 Å². The summed E-state index contributed by atoms with van der Waals surface area (Å²) >= 11 is 0. The minimum absolute atomic E-state index is 0.214. The monoisotopic (exact) mass is 243 g/mol. The zero-order chi connectivity index (χ0) is 12.5. The van der Waals surface area contributed by atoms with Crippen LogP contribution >= 0.6 is 0 Å². The zero-order valence-corrected chi connectivity index (χ0v) is 10.5. The van der Waals surface area contributed by atoms with Crippen LogP contribution in [0.2, 0.25) is 0 Å². The topological polar surface area (TPSA) is 46.9 Å². The van der Waals surface area contributed by atoms with Crippen LogP contribution in [0.15, 0.2) is 24.3 Å². The lowest BCUT2D eigenvalue weighted by Crippen LogP contribution is -2.26. The molecular formula is C14H17N3O. The number of ketones is 1. The first-order chi connectivity index (χ1) is 8.74. The molecular weight excluding hydrogens is 226 g/mol. The minimum Gasteiger partial charge on any atom is -0.307 e. The number of carbonyl (C=O) groups is 1. The molecule has 0 saturated heterocycles. The quantitative estimate of drug-likeness (QED) is 0.864. The number of aryl methyl sites for hydroxylation is 1. The SMILES string of the molecule is Cn1nc(CC(=O)CNC2CC2)c2ccccc21. The van der Waals surface area contributed by atoms with Gasteiger partial charge in [-0.3, -0.25) is 9.48 Å². The molecule has 0 bridgehead atoms. The summed E-state index contributed by atoms with van der Waals surface area (Å²) in [6, 6.07) is 8.61. The second kappa shape index (κ2) is 4.53. The molecule has 0 atom stereocenters. The number of nitrogens with zero attached hydrogens (tertiary/aromatic N) is 2. The predicted octanol–water partition coefficient (Wildman–Crippen LogP) is 1.44. The number of carbonyl (C=O) groups excluding carboxylic acids is 1. The highest BCUT2D eigenvalue weighted by molar-refractivity contribution is 5.89. The van der Waals surface area contributed by atoms with E-state index in [0.29, 0.717) is 19.0 Å². The maximum atomic E-state index is 11.9. The summed E-state index contributed by atoms with van der Waals surface area (Å²) in [5.41, 5.74) is 1.96. The first-order valence-corrected chi connectivity index (χ1v) is 6.40. The average Bonchev–Trinajstić information content (AvgIpc) is 3.15. The Labute approximate surface area is 106 Å². The average molecular weight is 243 g/mol. The van der Waals surface area contributed by atoms with E-state index < -0.39 is 0 Å². The molecule has 4 heteroatoms. The van der Waals surface area contributed by atoms with Gasteiger partial charge in [-0.2, -0.15) is 5.10 Å². The fourth-order valence-electron chi connectivity index (χ4n) is 2.21. The van der Waals surface area contributed by atoms with Gasteiger partial charge in [-0.15, -0.1) is 0 Å². The highest BCUT2D eigenvalue weighted by Crippen LogP contribution is 2.19. The number of para-hydroxylation sites is 1. The van der Waals surface area contributed by atoms with Crippen molar-refractivity contribution in [3.63, 3.8) is 0 Å². The van der Waals surface area contributed by atoms with E-state index in [1.807, 2.05) is 36.0 Å². The molecule has 2 aromatic rings. The van der Waals surface area contributed by atoms with Crippen molar-refractivity contribution in [2.45, 2.75) is 25.3 Å². The summed E-state index contributed by atoms with van der Waals surface area (Å²) in [5, 5.41) is 8.77. The second-order valence-electron chi connectivity index (χ2n) is 4.96. The van der Waals surface area contributed by atoms with E-state index in [4.69, 9.17) is 0 Å². The van der Waals surface area contributed by atoms with Gasteiger partial charge in [-0.25, -0.2) is 0 Å². The third kappa shape index (κ3) is 2.29. The number of fused-ring (bicyclic) bond motifs is 1. The van der Waals surface area contributed by atoms with Gasteiger partial charge in [0.05, 0.1) is 24.2 Å². The molecule has 1 saturated carbocycles. The lowest BCUT2D eigenvalue weighted by molar-refractivity contribution is -0.117. The summed E-state index contributed by atoms with van der Waals surface area (Å²) in [6.45, 7) is 0.468. The van der Waals surface area contributed by atoms with E-state index in [1.165, 1.54) is 12.8 Å². The van der Waals surface area contributed by atoms with Gasteiger partial charge >= 0.3 is 0 Å². The number of nitrogens with one attached hydrogen (secondary N) is 1. The highest BCUT2D eigenvalue weighted by atomic mass is 16.1. The molecule has 1 N–H and O–H groups in total. The van der Waals surface area contributed by atoms with Crippen LogP contribution in [0.5, 0.6) is 0 Å². The van der Waals surface area contributed by atoms with Crippen LogP contribution in [-0.2, 0) is 18.3 Å². The Hall–Kier alpha value is -1.68. The van der Waals surface area contributed by atoms with Gasteiger partial charge in [-0.05, 0) is 18.9 Å². The Morgan fingerprint density at radius 3 is 3.00 bits per heavy atom. The van der Waals surface area contributed by atoms with Crippen LogP contribution in [0.4, 0.5) is 0 Å². The molecule has 0 amide bonds. The van der Waals surface area contributed by atoms with Crippen molar-refractivity contribution in [3.05, 3.63) is 30.0 Å². The fraction of sp³-hybridized carbons (Fsp3) is 0.429. The van der Waals surface area contributed by atoms with Crippen LogP contribution in [0.3, 0.4) is 0 Å². The van der Waals surface area contributed by atoms with Gasteiger partial charge in [-0.1, -0.05) is 18.2 Å². The molecule has 3 rings (SSSR count). The number of aromatic nitrogens is 2. The van der Waals surface area contributed by atoms with Crippen molar-refractivity contribution in [1.29, 1.82) is 0 Å². The molecule has 0 radical (unpaired) electrons. The first kappa shape index (κ1) is 11.4. The van der Waals surface area contributed by atoms with Gasteiger partial charge in [0.2, 0.25) is 0 Å². The largest absolute Gasteiger partial charge is 0.307 e. The van der Waals surface area contributed by atoms with E-state index in [0.717, 1.165) is 16.6 Å². The van der Waals surface area contributed by atoms with E-state index in [2.05, 4.69) is 10.4 Å². The molecule has 1 aliphatic carbocycles. The molecule has 18 heavy (non-hydrogen) atoms. The summed E-state index contributed by atoms with van der Waals surface area (Å²) < 4.78 is 1.84. The predicted molar refractivity (Wildman–Crippen MR) is 70.4 cm³/mol. The molecule has 1 aliphatic rings. The maximum Gasteiger partial charge on any atom is 0.152 e. The molecule has 1 fully saturated rings. The fourth-order valence-corrected chi connectivity index (χ4v) is 2.21. The molecule has 1 heterocycles. The van der Waals surface area contributed by atoms with Crippen molar-refractivity contribution >= 4 is 16.7 Å². The lowest BCUT2D eigenvalue weighted by Gasteiger charge is -2.00. The van der Waals surface area contributed by atoms with E-state index in [-0.39, 0.29) is 5.78 Å². The van der Waals surface area contributed by atoms with Crippen molar-refractivity contribution in [2.75, 3.05) is 6.54 Å². The lowest BCUT2D eigenvalue weighted by atomic mass is 10.1. The summed E-state index contributed by atoms with van der Waals surface area (Å²) in [5.74, 6) is 0.214. The molecule has 94 valence electrons. The molecule has 0 aliphatic heterocycles. The third-order valence-electron chi connectivity index (χ3n) is 3.36. The van der Waals surface area contributed by atoms with Gasteiger partial charge in [0.15, 0.2) is 5.78 Å². The van der Waals surface area contributed by atoms with Crippen molar-refractivity contribution in [3.8, 4) is 0 Å². The van der Waals surface area contributed by atoms with Gasteiger partial charge < -0.3 is 5.32 Å². The van der Waals surface area contributed by atoms with Gasteiger partial charge in [0.25, 0.3) is 0 Å². The zero-order valence-electron chi connectivity index (χ0n) is 10.5. The van der Waals surface area contributed by atoms with E-state index in [1.54, 1.807) is 0 Å². The number of benzene rings is 1. The van der Waals surface area contributed by atoms with E-state index >= 15 is 0 Å². The number of Topliss-reactive ketones (excluding diaryl/α,β-unsaturated/α-hetero) is 1. The summed E-state index contributed by atoms with van der Waals surface area (Å²) in [7, 11) is 1.92.